The molecular formula is C10H10F2N2. The lowest BCUT2D eigenvalue weighted by atomic mass is 10.0. The first-order valence-electron chi connectivity index (χ1n) is 4.18. The van der Waals surface area contributed by atoms with Gasteiger partial charge in [-0.05, 0) is 25.2 Å². The van der Waals surface area contributed by atoms with Crippen molar-refractivity contribution in [3.63, 3.8) is 0 Å². The van der Waals surface area contributed by atoms with E-state index < -0.39 is 17.7 Å². The fourth-order valence-corrected chi connectivity index (χ4v) is 1.24. The van der Waals surface area contributed by atoms with Crippen LogP contribution in [0.25, 0.3) is 0 Å². The van der Waals surface area contributed by atoms with Crippen molar-refractivity contribution >= 4 is 0 Å². The molecule has 74 valence electrons. The Balaban J connectivity index is 3.03. The maximum Gasteiger partial charge on any atom is 0.128 e. The van der Waals surface area contributed by atoms with Crippen LogP contribution in [-0.4, -0.2) is 7.05 Å². The average Bonchev–Trinajstić information content (AvgIpc) is 2.18. The highest BCUT2D eigenvalue weighted by Crippen LogP contribution is 2.20. The third-order valence-corrected chi connectivity index (χ3v) is 1.98. The Labute approximate surface area is 81.2 Å². The van der Waals surface area contributed by atoms with E-state index in [1.54, 1.807) is 7.05 Å². The van der Waals surface area contributed by atoms with Crippen LogP contribution in [0.4, 0.5) is 8.78 Å². The third-order valence-electron chi connectivity index (χ3n) is 1.98. The topological polar surface area (TPSA) is 35.8 Å². The summed E-state index contributed by atoms with van der Waals surface area (Å²) >= 11 is 0. The number of nitriles is 1. The van der Waals surface area contributed by atoms with E-state index in [-0.39, 0.29) is 12.0 Å². The van der Waals surface area contributed by atoms with Crippen molar-refractivity contribution < 1.29 is 8.78 Å². The Morgan fingerprint density at radius 1 is 1.50 bits per heavy atom. The molecule has 1 unspecified atom stereocenters. The van der Waals surface area contributed by atoms with E-state index in [4.69, 9.17) is 5.26 Å². The Morgan fingerprint density at radius 2 is 2.21 bits per heavy atom. The minimum Gasteiger partial charge on any atom is -0.312 e. The third kappa shape index (κ3) is 2.27. The fourth-order valence-electron chi connectivity index (χ4n) is 1.24. The lowest BCUT2D eigenvalue weighted by Crippen LogP contribution is -2.17. The van der Waals surface area contributed by atoms with E-state index in [1.165, 1.54) is 0 Å². The zero-order valence-electron chi connectivity index (χ0n) is 7.72. The molecule has 0 aromatic heterocycles. The van der Waals surface area contributed by atoms with Crippen LogP contribution in [0.15, 0.2) is 18.2 Å². The van der Waals surface area contributed by atoms with Gasteiger partial charge in [-0.1, -0.05) is 0 Å². The van der Waals surface area contributed by atoms with E-state index in [2.05, 4.69) is 5.32 Å². The fraction of sp³-hybridized carbons (Fsp3) is 0.300. The van der Waals surface area contributed by atoms with Gasteiger partial charge < -0.3 is 5.32 Å². The predicted octanol–water partition coefficient (Wildman–Crippen LogP) is 2.14. The molecule has 4 heteroatoms. The minimum atomic E-state index is -0.500. The summed E-state index contributed by atoms with van der Waals surface area (Å²) in [6.45, 7) is 0. The number of nitrogens with one attached hydrogen (secondary N) is 1. The molecule has 0 spiro atoms. The summed E-state index contributed by atoms with van der Waals surface area (Å²) in [4.78, 5) is 0. The highest BCUT2D eigenvalue weighted by atomic mass is 19.1. The second-order valence-electron chi connectivity index (χ2n) is 2.87. The summed E-state index contributed by atoms with van der Waals surface area (Å²) in [5.74, 6) is -0.999. The molecule has 1 aromatic rings. The van der Waals surface area contributed by atoms with Gasteiger partial charge in [-0.3, -0.25) is 0 Å². The van der Waals surface area contributed by atoms with Gasteiger partial charge in [0.1, 0.15) is 11.6 Å². The molecule has 0 aliphatic rings. The van der Waals surface area contributed by atoms with Gasteiger partial charge in [0.2, 0.25) is 0 Å². The van der Waals surface area contributed by atoms with Gasteiger partial charge in [-0.2, -0.15) is 5.26 Å². The molecule has 1 rings (SSSR count). The number of nitrogens with zero attached hydrogens (tertiary/aromatic N) is 1. The molecule has 14 heavy (non-hydrogen) atoms. The average molecular weight is 196 g/mol. The van der Waals surface area contributed by atoms with Gasteiger partial charge in [0.25, 0.3) is 0 Å². The summed E-state index contributed by atoms with van der Waals surface area (Å²) in [5, 5.41) is 11.2. The molecule has 0 amide bonds. The predicted molar refractivity (Wildman–Crippen MR) is 48.4 cm³/mol. The summed E-state index contributed by atoms with van der Waals surface area (Å²) in [6.07, 6.45) is 0.108. The van der Waals surface area contributed by atoms with Crippen molar-refractivity contribution in [2.75, 3.05) is 7.05 Å². The van der Waals surface area contributed by atoms with E-state index in [0.29, 0.717) is 0 Å². The van der Waals surface area contributed by atoms with Crippen molar-refractivity contribution in [3.05, 3.63) is 35.4 Å². The number of rotatable bonds is 3. The Hall–Kier alpha value is -1.47. The Kier molecular flexibility index (Phi) is 3.55. The van der Waals surface area contributed by atoms with Gasteiger partial charge in [0.05, 0.1) is 12.5 Å². The first-order chi connectivity index (χ1) is 6.69. The number of hydrogen-bond acceptors (Lipinski definition) is 2. The second-order valence-corrected chi connectivity index (χ2v) is 2.87. The Bertz CT molecular complexity index is 358. The first-order valence-corrected chi connectivity index (χ1v) is 4.18. The molecule has 1 N–H and O–H groups in total. The molecule has 0 saturated carbocycles. The largest absolute Gasteiger partial charge is 0.312 e. The summed E-state index contributed by atoms with van der Waals surface area (Å²) in [7, 11) is 1.60. The maximum absolute atomic E-state index is 13.2. The molecule has 0 bridgehead atoms. The highest BCUT2D eigenvalue weighted by molar-refractivity contribution is 5.23. The van der Waals surface area contributed by atoms with Crippen LogP contribution in [0.1, 0.15) is 18.0 Å². The van der Waals surface area contributed by atoms with Crippen molar-refractivity contribution in [1.82, 2.24) is 5.32 Å². The van der Waals surface area contributed by atoms with Crippen LogP contribution in [0.5, 0.6) is 0 Å². The van der Waals surface area contributed by atoms with Gasteiger partial charge in [0.15, 0.2) is 0 Å². The first kappa shape index (κ1) is 10.6. The second kappa shape index (κ2) is 4.68. The number of halogens is 2. The van der Waals surface area contributed by atoms with Crippen LogP contribution in [0, 0.1) is 23.0 Å². The molecule has 0 heterocycles. The normalized spacial score (nSPS) is 12.1. The number of benzene rings is 1. The lowest BCUT2D eigenvalue weighted by molar-refractivity contribution is 0.530. The van der Waals surface area contributed by atoms with E-state index in [1.807, 2.05) is 6.07 Å². The molecule has 2 nitrogen and oxygen atoms in total. The molecule has 1 atom stereocenters. The van der Waals surface area contributed by atoms with Crippen molar-refractivity contribution in [2.24, 2.45) is 0 Å². The molecule has 0 saturated heterocycles. The summed E-state index contributed by atoms with van der Waals surface area (Å²) in [6, 6.07) is 4.67. The molecule has 0 aliphatic heterocycles. The van der Waals surface area contributed by atoms with Crippen LogP contribution in [0.2, 0.25) is 0 Å². The van der Waals surface area contributed by atoms with Crippen molar-refractivity contribution in [1.29, 1.82) is 5.26 Å². The Morgan fingerprint density at radius 3 is 2.79 bits per heavy atom. The van der Waals surface area contributed by atoms with Crippen molar-refractivity contribution in [3.8, 4) is 6.07 Å². The van der Waals surface area contributed by atoms with Crippen LogP contribution in [0.3, 0.4) is 0 Å². The lowest BCUT2D eigenvalue weighted by Gasteiger charge is -2.13. The van der Waals surface area contributed by atoms with E-state index >= 15 is 0 Å². The number of hydrogen-bond donors (Lipinski definition) is 1. The van der Waals surface area contributed by atoms with Gasteiger partial charge in [-0.15, -0.1) is 0 Å². The molecule has 0 radical (unpaired) electrons. The van der Waals surface area contributed by atoms with Crippen LogP contribution >= 0.6 is 0 Å². The van der Waals surface area contributed by atoms with Gasteiger partial charge in [0, 0.05) is 11.6 Å². The molecular weight excluding hydrogens is 186 g/mol. The SMILES string of the molecule is CNC(CC#N)c1cc(F)ccc1F. The molecule has 0 fully saturated rings. The van der Waals surface area contributed by atoms with Gasteiger partial charge in [-0.25, -0.2) is 8.78 Å². The van der Waals surface area contributed by atoms with Crippen LogP contribution in [-0.2, 0) is 0 Å². The quantitative estimate of drug-likeness (QED) is 0.803. The van der Waals surface area contributed by atoms with E-state index in [0.717, 1.165) is 18.2 Å². The standard InChI is InChI=1S/C10H10F2N2/c1-14-10(4-5-13)8-6-7(11)2-3-9(8)12/h2-3,6,10,14H,4H2,1H3. The molecule has 1 aromatic carbocycles. The minimum absolute atomic E-state index is 0.108. The van der Waals surface area contributed by atoms with Crippen LogP contribution < -0.4 is 5.32 Å². The summed E-state index contributed by atoms with van der Waals surface area (Å²) < 4.78 is 26.0. The smallest absolute Gasteiger partial charge is 0.128 e. The van der Waals surface area contributed by atoms with E-state index in [9.17, 15) is 8.78 Å². The molecule has 0 aliphatic carbocycles. The zero-order chi connectivity index (χ0) is 10.6. The van der Waals surface area contributed by atoms with Gasteiger partial charge >= 0.3 is 0 Å². The van der Waals surface area contributed by atoms with Crippen molar-refractivity contribution in [2.45, 2.75) is 12.5 Å². The summed E-state index contributed by atoms with van der Waals surface area (Å²) in [5.41, 5.74) is 0.189. The maximum atomic E-state index is 13.2. The zero-order valence-corrected chi connectivity index (χ0v) is 7.72. The monoisotopic (exact) mass is 196 g/mol. The highest BCUT2D eigenvalue weighted by Gasteiger charge is 2.14.